The van der Waals surface area contributed by atoms with E-state index in [2.05, 4.69) is 0 Å². The fourth-order valence-corrected chi connectivity index (χ4v) is 0.249. The van der Waals surface area contributed by atoms with Gasteiger partial charge in [-0.25, -0.2) is 0 Å². The van der Waals surface area contributed by atoms with E-state index < -0.39 is 5.24 Å². The Balaban J connectivity index is 3.02. The quantitative estimate of drug-likeness (QED) is 0.508. The molecule has 0 N–H and O–H groups in total. The van der Waals surface area contributed by atoms with Gasteiger partial charge in [0.2, 0.25) is 5.24 Å². The van der Waals surface area contributed by atoms with Gasteiger partial charge in [0.15, 0.2) is 0 Å². The van der Waals surface area contributed by atoms with E-state index in [1.165, 1.54) is 0 Å². The molecule has 3 heteroatoms. The molecule has 0 aliphatic carbocycles. The van der Waals surface area contributed by atoms with Crippen molar-refractivity contribution < 1.29 is 4.79 Å². The monoisotopic (exact) mass is 117 g/mol. The smallest absolute Gasteiger partial charge is 0.222 e. The maximum Gasteiger partial charge on any atom is 0.222 e. The molecule has 0 atom stereocenters. The summed E-state index contributed by atoms with van der Waals surface area (Å²) >= 11 is 4.87. The van der Waals surface area contributed by atoms with Crippen LogP contribution in [0.1, 0.15) is 12.8 Å². The van der Waals surface area contributed by atoms with Crippen LogP contribution in [0.4, 0.5) is 0 Å². The van der Waals surface area contributed by atoms with Crippen molar-refractivity contribution >= 4 is 16.8 Å². The highest BCUT2D eigenvalue weighted by molar-refractivity contribution is 6.63. The van der Waals surface area contributed by atoms with Crippen molar-refractivity contribution in [1.29, 1.82) is 5.26 Å². The molecule has 0 amide bonds. The van der Waals surface area contributed by atoms with Gasteiger partial charge in [-0.05, 0) is 11.6 Å². The van der Waals surface area contributed by atoms with Crippen molar-refractivity contribution in [3.05, 3.63) is 0 Å². The summed E-state index contributed by atoms with van der Waals surface area (Å²) in [5.74, 6) is 0. The highest BCUT2D eigenvalue weighted by Gasteiger charge is 1.90. The molecular formula is C4H4ClNO. The third kappa shape index (κ3) is 5.45. The van der Waals surface area contributed by atoms with Crippen molar-refractivity contribution in [2.75, 3.05) is 0 Å². The lowest BCUT2D eigenvalue weighted by Crippen LogP contribution is -1.81. The van der Waals surface area contributed by atoms with Gasteiger partial charge in [-0.1, -0.05) is 0 Å². The molecule has 0 aromatic heterocycles. The second kappa shape index (κ2) is 3.63. The number of hydrogen-bond acceptors (Lipinski definition) is 2. The summed E-state index contributed by atoms with van der Waals surface area (Å²) in [5.41, 5.74) is 0. The molecule has 0 fully saturated rings. The molecule has 0 radical (unpaired) electrons. The van der Waals surface area contributed by atoms with Crippen LogP contribution in [0.15, 0.2) is 0 Å². The molecule has 0 aromatic rings. The van der Waals surface area contributed by atoms with Crippen molar-refractivity contribution in [2.45, 2.75) is 12.8 Å². The molecule has 7 heavy (non-hydrogen) atoms. The summed E-state index contributed by atoms with van der Waals surface area (Å²) < 4.78 is 0. The Morgan fingerprint density at radius 3 is 2.57 bits per heavy atom. The van der Waals surface area contributed by atoms with Crippen LogP contribution in [0.3, 0.4) is 0 Å². The second-order valence-corrected chi connectivity index (χ2v) is 1.43. The molecular weight excluding hydrogens is 114 g/mol. The van der Waals surface area contributed by atoms with Crippen LogP contribution in [0.2, 0.25) is 0 Å². The van der Waals surface area contributed by atoms with Gasteiger partial charge in [-0.3, -0.25) is 4.79 Å². The van der Waals surface area contributed by atoms with Crippen LogP contribution < -0.4 is 0 Å². The first kappa shape index (κ1) is 6.45. The largest absolute Gasteiger partial charge is 0.281 e. The van der Waals surface area contributed by atoms with Crippen LogP contribution in [-0.2, 0) is 4.79 Å². The van der Waals surface area contributed by atoms with Gasteiger partial charge < -0.3 is 0 Å². The van der Waals surface area contributed by atoms with E-state index >= 15 is 0 Å². The number of hydrogen-bond donors (Lipinski definition) is 0. The van der Waals surface area contributed by atoms with Gasteiger partial charge in [0.1, 0.15) is 0 Å². The lowest BCUT2D eigenvalue weighted by molar-refractivity contribution is -0.111. The van der Waals surface area contributed by atoms with E-state index in [0.29, 0.717) is 0 Å². The van der Waals surface area contributed by atoms with Crippen LogP contribution in [-0.4, -0.2) is 5.24 Å². The summed E-state index contributed by atoms with van der Waals surface area (Å²) in [5, 5.41) is 7.41. The van der Waals surface area contributed by atoms with Crippen LogP contribution in [0.25, 0.3) is 0 Å². The van der Waals surface area contributed by atoms with Crippen molar-refractivity contribution in [2.24, 2.45) is 0 Å². The Morgan fingerprint density at radius 1 is 1.86 bits per heavy atom. The second-order valence-electron chi connectivity index (χ2n) is 1.01. The van der Waals surface area contributed by atoms with E-state index in [9.17, 15) is 4.79 Å². The molecule has 0 spiro atoms. The van der Waals surface area contributed by atoms with E-state index in [1.807, 2.05) is 0 Å². The highest BCUT2D eigenvalue weighted by Crippen LogP contribution is 1.90. The van der Waals surface area contributed by atoms with Crippen LogP contribution in [0, 0.1) is 11.3 Å². The standard InChI is InChI=1S/C4H4ClNO/c5-4(7)2-1-3-6/h1-2H2. The van der Waals surface area contributed by atoms with Crippen LogP contribution >= 0.6 is 11.6 Å². The lowest BCUT2D eigenvalue weighted by atomic mass is 10.4. The summed E-state index contributed by atoms with van der Waals surface area (Å²) in [6.07, 6.45) is 0.389. The summed E-state index contributed by atoms with van der Waals surface area (Å²) in [4.78, 5) is 9.82. The molecule has 0 aliphatic heterocycles. The van der Waals surface area contributed by atoms with Gasteiger partial charge in [0, 0.05) is 12.8 Å². The fourth-order valence-electron chi connectivity index (χ4n) is 0.154. The van der Waals surface area contributed by atoms with Gasteiger partial charge >= 0.3 is 0 Å². The van der Waals surface area contributed by atoms with Crippen molar-refractivity contribution in [1.82, 2.24) is 0 Å². The van der Waals surface area contributed by atoms with E-state index in [4.69, 9.17) is 16.9 Å². The number of nitrogens with zero attached hydrogens (tertiary/aromatic N) is 1. The molecule has 0 unspecified atom stereocenters. The van der Waals surface area contributed by atoms with Crippen molar-refractivity contribution in [3.63, 3.8) is 0 Å². The first-order chi connectivity index (χ1) is 3.27. The minimum atomic E-state index is -0.443. The SMILES string of the molecule is N#CCCC(=O)Cl. The van der Waals surface area contributed by atoms with Gasteiger partial charge in [-0.2, -0.15) is 5.26 Å². The van der Waals surface area contributed by atoms with Crippen LogP contribution in [0.5, 0.6) is 0 Å². The van der Waals surface area contributed by atoms with Crippen molar-refractivity contribution in [3.8, 4) is 6.07 Å². The number of carbonyl (C=O) groups is 1. The Morgan fingerprint density at radius 2 is 2.43 bits per heavy atom. The third-order valence-corrected chi connectivity index (χ3v) is 0.622. The lowest BCUT2D eigenvalue weighted by Gasteiger charge is -1.76. The molecule has 0 aliphatic rings. The zero-order valence-electron chi connectivity index (χ0n) is 3.65. The van der Waals surface area contributed by atoms with Gasteiger partial charge in [0.05, 0.1) is 6.07 Å². The molecule has 0 rings (SSSR count). The summed E-state index contributed by atoms with van der Waals surface area (Å²) in [7, 11) is 0. The Hall–Kier alpha value is -0.550. The zero-order chi connectivity index (χ0) is 5.70. The summed E-state index contributed by atoms with van der Waals surface area (Å²) in [6.45, 7) is 0. The normalized spacial score (nSPS) is 7.43. The first-order valence-corrected chi connectivity index (χ1v) is 2.20. The average molecular weight is 118 g/mol. The minimum absolute atomic E-state index is 0.165. The van der Waals surface area contributed by atoms with Gasteiger partial charge in [0.25, 0.3) is 0 Å². The molecule has 0 saturated carbocycles. The van der Waals surface area contributed by atoms with E-state index in [-0.39, 0.29) is 12.8 Å². The van der Waals surface area contributed by atoms with Gasteiger partial charge in [-0.15, -0.1) is 0 Å². The topological polar surface area (TPSA) is 40.9 Å². The maximum absolute atomic E-state index is 9.82. The molecule has 0 aromatic carbocycles. The Kier molecular flexibility index (Phi) is 3.35. The predicted molar refractivity (Wildman–Crippen MR) is 25.7 cm³/mol. The number of rotatable bonds is 2. The maximum atomic E-state index is 9.82. The third-order valence-electron chi connectivity index (χ3n) is 0.433. The highest BCUT2D eigenvalue weighted by atomic mass is 35.5. The predicted octanol–water partition coefficient (Wildman–Crippen LogP) is 1.06. The zero-order valence-corrected chi connectivity index (χ0v) is 4.40. The molecule has 2 nitrogen and oxygen atoms in total. The minimum Gasteiger partial charge on any atom is -0.281 e. The molecule has 0 heterocycles. The number of carbonyl (C=O) groups excluding carboxylic acids is 1. The Bertz CT molecular complexity index is 105. The first-order valence-electron chi connectivity index (χ1n) is 1.82. The molecule has 38 valence electrons. The molecule has 0 saturated heterocycles. The molecule has 0 bridgehead atoms. The van der Waals surface area contributed by atoms with E-state index in [0.717, 1.165) is 0 Å². The summed E-state index contributed by atoms with van der Waals surface area (Å²) in [6, 6.07) is 1.79. The number of halogens is 1. The average Bonchev–Trinajstić information content (AvgIpc) is 1.61. The fraction of sp³-hybridized carbons (Fsp3) is 0.500. The Labute approximate surface area is 46.7 Å². The number of nitriles is 1. The van der Waals surface area contributed by atoms with E-state index in [1.54, 1.807) is 6.07 Å².